The van der Waals surface area contributed by atoms with E-state index >= 15 is 0 Å². The van der Waals surface area contributed by atoms with Gasteiger partial charge in [-0.05, 0) is 87.9 Å². The number of nitrogens with zero attached hydrogens (tertiary/aromatic N) is 3. The Labute approximate surface area is 212 Å². The van der Waals surface area contributed by atoms with Crippen LogP contribution in [0.3, 0.4) is 0 Å². The quantitative estimate of drug-likeness (QED) is 0.545. The topological polar surface area (TPSA) is 87.8 Å². The van der Waals surface area contributed by atoms with E-state index in [1.54, 1.807) is 6.20 Å². The van der Waals surface area contributed by atoms with Crippen LogP contribution < -0.4 is 4.74 Å². The summed E-state index contributed by atoms with van der Waals surface area (Å²) in [6.45, 7) is 3.07. The van der Waals surface area contributed by atoms with Gasteiger partial charge in [-0.2, -0.15) is 5.10 Å². The highest BCUT2D eigenvalue weighted by Crippen LogP contribution is 2.29. The largest absolute Gasteiger partial charge is 0.490 e. The zero-order valence-corrected chi connectivity index (χ0v) is 20.8. The molecule has 2 fully saturated rings. The summed E-state index contributed by atoms with van der Waals surface area (Å²) in [6, 6.07) is 17.5. The Hall–Kier alpha value is -3.16. The van der Waals surface area contributed by atoms with Gasteiger partial charge in [0.2, 0.25) is 0 Å². The van der Waals surface area contributed by atoms with Crippen molar-refractivity contribution >= 4 is 5.91 Å². The minimum atomic E-state index is -0.871. The maximum absolute atomic E-state index is 13.1. The smallest absolute Gasteiger partial charge is 0.253 e. The molecule has 1 saturated carbocycles. The maximum atomic E-state index is 13.1. The van der Waals surface area contributed by atoms with Crippen molar-refractivity contribution < 1.29 is 19.7 Å². The van der Waals surface area contributed by atoms with Gasteiger partial charge in [-0.15, -0.1) is 0 Å². The number of piperidine rings is 1. The molecule has 5 rings (SSSR count). The van der Waals surface area contributed by atoms with Crippen LogP contribution in [-0.4, -0.2) is 61.7 Å². The van der Waals surface area contributed by atoms with E-state index in [2.05, 4.69) is 24.2 Å². The van der Waals surface area contributed by atoms with Gasteiger partial charge in [0.15, 0.2) is 0 Å². The number of rotatable bonds is 6. The lowest BCUT2D eigenvalue weighted by atomic mass is 9.86. The first-order valence-electron chi connectivity index (χ1n) is 12.9. The van der Waals surface area contributed by atoms with E-state index in [9.17, 15) is 15.0 Å². The first-order chi connectivity index (χ1) is 17.4. The van der Waals surface area contributed by atoms with Crippen LogP contribution in [-0.2, 0) is 6.42 Å². The Morgan fingerprint density at radius 1 is 1.00 bits per heavy atom. The van der Waals surface area contributed by atoms with Gasteiger partial charge < -0.3 is 19.8 Å². The van der Waals surface area contributed by atoms with Gasteiger partial charge in [0.05, 0.1) is 23.5 Å². The summed E-state index contributed by atoms with van der Waals surface area (Å²) in [4.78, 5) is 14.9. The minimum absolute atomic E-state index is 0.0194. The molecule has 7 nitrogen and oxygen atoms in total. The molecule has 2 N–H and O–H groups in total. The van der Waals surface area contributed by atoms with Crippen LogP contribution in [0, 0.1) is 6.92 Å². The normalized spacial score (nSPS) is 21.8. The standard InChI is InChI=1S/C29H35N3O4/c1-21-2-6-23(7-3-21)32-24(14-17-30-32)20-29(35)15-18-31(19-16-29)28(34)22-4-10-26(11-5-22)36-27-12-8-25(33)9-13-27/h2-7,10-11,14,17,25,27,33,35H,8-9,12-13,15-16,18-20H2,1H3. The van der Waals surface area contributed by atoms with E-state index in [1.165, 1.54) is 5.56 Å². The van der Waals surface area contributed by atoms with Crippen molar-refractivity contribution in [3.8, 4) is 11.4 Å². The summed E-state index contributed by atoms with van der Waals surface area (Å²) in [5, 5.41) is 25.4. The molecule has 36 heavy (non-hydrogen) atoms. The molecule has 2 aliphatic rings. The molecule has 190 valence electrons. The fraction of sp³-hybridized carbons (Fsp3) is 0.448. The Balaban J connectivity index is 1.16. The number of aryl methyl sites for hydroxylation is 1. The van der Waals surface area contributed by atoms with Gasteiger partial charge in [0.1, 0.15) is 5.75 Å². The Morgan fingerprint density at radius 2 is 1.67 bits per heavy atom. The summed E-state index contributed by atoms with van der Waals surface area (Å²) in [7, 11) is 0. The summed E-state index contributed by atoms with van der Waals surface area (Å²) >= 11 is 0. The predicted molar refractivity (Wildman–Crippen MR) is 137 cm³/mol. The second-order valence-corrected chi connectivity index (χ2v) is 10.3. The molecular formula is C29H35N3O4. The van der Waals surface area contributed by atoms with E-state index in [0.29, 0.717) is 37.9 Å². The highest BCUT2D eigenvalue weighted by molar-refractivity contribution is 5.94. The molecule has 0 bridgehead atoms. The van der Waals surface area contributed by atoms with Crippen molar-refractivity contribution in [2.45, 2.75) is 69.7 Å². The Kier molecular flexibility index (Phi) is 7.12. The number of carbonyl (C=O) groups excluding carboxylic acids is 1. The lowest BCUT2D eigenvalue weighted by molar-refractivity contribution is -0.0172. The van der Waals surface area contributed by atoms with Gasteiger partial charge in [0.25, 0.3) is 5.91 Å². The van der Waals surface area contributed by atoms with Gasteiger partial charge >= 0.3 is 0 Å². The third kappa shape index (κ3) is 5.63. The van der Waals surface area contributed by atoms with Crippen LogP contribution in [0.25, 0.3) is 5.69 Å². The number of hydrogen-bond donors (Lipinski definition) is 2. The van der Waals surface area contributed by atoms with E-state index < -0.39 is 5.60 Å². The van der Waals surface area contributed by atoms with Crippen LogP contribution in [0.2, 0.25) is 0 Å². The molecule has 2 heterocycles. The van der Waals surface area contributed by atoms with Crippen molar-refractivity contribution in [2.75, 3.05) is 13.1 Å². The second-order valence-electron chi connectivity index (χ2n) is 10.3. The van der Waals surface area contributed by atoms with Crippen molar-refractivity contribution in [3.63, 3.8) is 0 Å². The van der Waals surface area contributed by atoms with Crippen LogP contribution in [0.1, 0.15) is 60.1 Å². The number of carbonyl (C=O) groups is 1. The molecule has 1 saturated heterocycles. The molecular weight excluding hydrogens is 454 g/mol. The monoisotopic (exact) mass is 489 g/mol. The van der Waals surface area contributed by atoms with Crippen LogP contribution in [0.15, 0.2) is 60.8 Å². The SMILES string of the molecule is Cc1ccc(-n2nccc2CC2(O)CCN(C(=O)c3ccc(OC4CCC(O)CC4)cc3)CC2)cc1. The number of aromatic nitrogens is 2. The van der Waals surface area contributed by atoms with Crippen LogP contribution in [0.5, 0.6) is 5.75 Å². The van der Waals surface area contributed by atoms with E-state index in [4.69, 9.17) is 4.74 Å². The Bertz CT molecular complexity index is 1160. The first-order valence-corrected chi connectivity index (χ1v) is 12.9. The molecule has 0 atom stereocenters. The average molecular weight is 490 g/mol. The van der Waals surface area contributed by atoms with E-state index in [-0.39, 0.29) is 18.1 Å². The highest BCUT2D eigenvalue weighted by Gasteiger charge is 2.35. The number of likely N-dealkylation sites (tertiary alicyclic amines) is 1. The second kappa shape index (κ2) is 10.4. The molecule has 3 aromatic rings. The number of aliphatic hydroxyl groups excluding tert-OH is 1. The van der Waals surface area contributed by atoms with Gasteiger partial charge in [-0.25, -0.2) is 4.68 Å². The van der Waals surface area contributed by atoms with Gasteiger partial charge in [-0.1, -0.05) is 17.7 Å². The molecule has 1 aliphatic heterocycles. The van der Waals surface area contributed by atoms with Crippen molar-refractivity contribution in [1.82, 2.24) is 14.7 Å². The lowest BCUT2D eigenvalue weighted by Crippen LogP contribution is -2.48. The molecule has 0 spiro atoms. The first kappa shape index (κ1) is 24.5. The number of ether oxygens (including phenoxy) is 1. The fourth-order valence-electron chi connectivity index (χ4n) is 5.24. The van der Waals surface area contributed by atoms with E-state index in [1.807, 2.05) is 52.0 Å². The fourth-order valence-corrected chi connectivity index (χ4v) is 5.24. The van der Waals surface area contributed by atoms with Gasteiger partial charge in [-0.3, -0.25) is 4.79 Å². The number of amides is 1. The number of hydrogen-bond acceptors (Lipinski definition) is 5. The van der Waals surface area contributed by atoms with Gasteiger partial charge in [0, 0.05) is 37.0 Å². The summed E-state index contributed by atoms with van der Waals surface area (Å²) in [6.07, 6.45) is 6.47. The molecule has 0 radical (unpaired) electrons. The minimum Gasteiger partial charge on any atom is -0.490 e. The maximum Gasteiger partial charge on any atom is 0.253 e. The van der Waals surface area contributed by atoms with Crippen LogP contribution in [0.4, 0.5) is 0 Å². The molecule has 2 aromatic carbocycles. The number of aliphatic hydroxyl groups is 2. The van der Waals surface area contributed by atoms with Crippen LogP contribution >= 0.6 is 0 Å². The third-order valence-corrected chi connectivity index (χ3v) is 7.54. The summed E-state index contributed by atoms with van der Waals surface area (Å²) in [5.41, 5.74) is 2.89. The summed E-state index contributed by atoms with van der Waals surface area (Å²) in [5.74, 6) is 0.736. The number of benzene rings is 2. The predicted octanol–water partition coefficient (Wildman–Crippen LogP) is 4.07. The zero-order chi connectivity index (χ0) is 25.1. The summed E-state index contributed by atoms with van der Waals surface area (Å²) < 4.78 is 7.92. The zero-order valence-electron chi connectivity index (χ0n) is 20.8. The molecule has 1 aliphatic carbocycles. The van der Waals surface area contributed by atoms with Crippen molar-refractivity contribution in [3.05, 3.63) is 77.6 Å². The molecule has 0 unspecified atom stereocenters. The average Bonchev–Trinajstić information content (AvgIpc) is 3.34. The lowest BCUT2D eigenvalue weighted by Gasteiger charge is -2.38. The third-order valence-electron chi connectivity index (χ3n) is 7.54. The van der Waals surface area contributed by atoms with E-state index in [0.717, 1.165) is 42.8 Å². The molecule has 1 amide bonds. The Morgan fingerprint density at radius 3 is 2.33 bits per heavy atom. The van der Waals surface area contributed by atoms with Crippen molar-refractivity contribution in [1.29, 1.82) is 0 Å². The molecule has 1 aromatic heterocycles. The van der Waals surface area contributed by atoms with Crippen molar-refractivity contribution in [2.24, 2.45) is 0 Å². The highest BCUT2D eigenvalue weighted by atomic mass is 16.5. The molecule has 7 heteroatoms.